The quantitative estimate of drug-likeness (QED) is 0.655. The van der Waals surface area contributed by atoms with E-state index in [1.165, 1.54) is 5.01 Å². The normalized spacial score (nSPS) is 18.6. The van der Waals surface area contributed by atoms with Gasteiger partial charge in [-0.15, -0.1) is 12.6 Å². The molecule has 2 aliphatic rings. The van der Waals surface area contributed by atoms with E-state index in [2.05, 4.69) is 17.7 Å². The van der Waals surface area contributed by atoms with Crippen molar-refractivity contribution >= 4 is 24.8 Å². The van der Waals surface area contributed by atoms with Gasteiger partial charge < -0.3 is 9.84 Å². The standard InChI is InChI=1S/C20H22N2O3S.C2H6/c1-4-15-16-13(3)12(2)10-21-22(16)17(20(23)24)18(19(15)26)25-11-14-8-6-5-7-9-14;1-2/h5-10,12,26H,4,11H2,1-3H3,(H,23,24);1-2H3. The first-order chi connectivity index (χ1) is 13.5. The maximum absolute atomic E-state index is 12.0. The number of nitrogens with zero attached hydrogens (tertiary/aromatic N) is 2. The van der Waals surface area contributed by atoms with Crippen LogP contribution in [0.15, 0.2) is 68.6 Å². The molecule has 1 unspecified atom stereocenters. The number of aliphatic carboxylic acids is 1. The zero-order valence-corrected chi connectivity index (χ0v) is 18.0. The predicted octanol–water partition coefficient (Wildman–Crippen LogP) is 5.34. The molecule has 3 rings (SSSR count). The summed E-state index contributed by atoms with van der Waals surface area (Å²) in [7, 11) is 0. The third kappa shape index (κ3) is 4.17. The number of carbonyl (C=O) groups is 1. The first-order valence-electron chi connectivity index (χ1n) is 9.57. The third-order valence-electron chi connectivity index (χ3n) is 4.67. The Morgan fingerprint density at radius 3 is 2.50 bits per heavy atom. The number of rotatable bonds is 5. The third-order valence-corrected chi connectivity index (χ3v) is 5.14. The molecule has 1 atom stereocenters. The number of allylic oxidation sites excluding steroid dienone is 2. The average Bonchev–Trinajstić information content (AvgIpc) is 2.71. The summed E-state index contributed by atoms with van der Waals surface area (Å²) in [6.07, 6.45) is 2.46. The van der Waals surface area contributed by atoms with Gasteiger partial charge in [0.2, 0.25) is 0 Å². The van der Waals surface area contributed by atoms with Crippen LogP contribution < -0.4 is 0 Å². The molecule has 0 saturated heterocycles. The van der Waals surface area contributed by atoms with Crippen LogP contribution in [-0.2, 0) is 16.1 Å². The lowest BCUT2D eigenvalue weighted by Crippen LogP contribution is -2.33. The maximum atomic E-state index is 12.0. The molecule has 0 aromatic heterocycles. The van der Waals surface area contributed by atoms with Crippen LogP contribution in [-0.4, -0.2) is 22.3 Å². The van der Waals surface area contributed by atoms with Gasteiger partial charge in [-0.05, 0) is 30.1 Å². The van der Waals surface area contributed by atoms with Gasteiger partial charge in [0.15, 0.2) is 11.5 Å². The summed E-state index contributed by atoms with van der Waals surface area (Å²) in [4.78, 5) is 12.6. The lowest BCUT2D eigenvalue weighted by molar-refractivity contribution is -0.134. The number of thiol groups is 1. The first-order valence-corrected chi connectivity index (χ1v) is 10.0. The number of carboxylic acids is 1. The summed E-state index contributed by atoms with van der Waals surface area (Å²) in [6.45, 7) is 10.3. The van der Waals surface area contributed by atoms with Crippen molar-refractivity contribution in [1.29, 1.82) is 0 Å². The van der Waals surface area contributed by atoms with Crippen molar-refractivity contribution in [3.8, 4) is 0 Å². The molecule has 5 nitrogen and oxygen atoms in total. The van der Waals surface area contributed by atoms with Crippen LogP contribution in [0, 0.1) is 5.92 Å². The minimum atomic E-state index is -1.09. The van der Waals surface area contributed by atoms with Crippen LogP contribution in [0.3, 0.4) is 0 Å². The Hall–Kier alpha value is -2.47. The second-order valence-electron chi connectivity index (χ2n) is 6.33. The molecule has 1 aromatic carbocycles. The minimum absolute atomic E-state index is 0.000584. The lowest BCUT2D eigenvalue weighted by atomic mass is 9.92. The molecule has 0 fully saturated rings. The van der Waals surface area contributed by atoms with Crippen molar-refractivity contribution in [3.05, 3.63) is 69.1 Å². The van der Waals surface area contributed by atoms with E-state index in [1.807, 2.05) is 65.0 Å². The van der Waals surface area contributed by atoms with E-state index in [0.29, 0.717) is 11.3 Å². The Kier molecular flexibility index (Phi) is 7.52. The number of hydrogen-bond acceptors (Lipinski definition) is 5. The Labute approximate surface area is 172 Å². The molecule has 1 aromatic rings. The molecular formula is C22H28N2O3S. The van der Waals surface area contributed by atoms with Crippen molar-refractivity contribution in [2.24, 2.45) is 11.0 Å². The van der Waals surface area contributed by atoms with Crippen LogP contribution in [0.4, 0.5) is 0 Å². The smallest absolute Gasteiger partial charge is 0.358 e. The Balaban J connectivity index is 0.00000136. The van der Waals surface area contributed by atoms with Crippen molar-refractivity contribution in [1.82, 2.24) is 5.01 Å². The Morgan fingerprint density at radius 2 is 1.93 bits per heavy atom. The zero-order valence-electron chi connectivity index (χ0n) is 17.1. The van der Waals surface area contributed by atoms with Crippen molar-refractivity contribution < 1.29 is 14.6 Å². The Morgan fingerprint density at radius 1 is 1.29 bits per heavy atom. The van der Waals surface area contributed by atoms with E-state index in [-0.39, 0.29) is 24.0 Å². The molecule has 0 radical (unpaired) electrons. The number of carboxylic acid groups (broad SMARTS) is 1. The fourth-order valence-corrected chi connectivity index (χ4v) is 3.54. The van der Waals surface area contributed by atoms with Gasteiger partial charge in [0.05, 0.1) is 10.6 Å². The molecular weight excluding hydrogens is 372 g/mol. The average molecular weight is 401 g/mol. The highest BCUT2D eigenvalue weighted by Crippen LogP contribution is 2.42. The summed E-state index contributed by atoms with van der Waals surface area (Å²) in [5.74, 6) is -0.692. The molecule has 2 aliphatic heterocycles. The van der Waals surface area contributed by atoms with E-state index >= 15 is 0 Å². The molecule has 0 bridgehead atoms. The van der Waals surface area contributed by atoms with Gasteiger partial charge in [0.1, 0.15) is 6.61 Å². The summed E-state index contributed by atoms with van der Waals surface area (Å²) in [5.41, 5.74) is 3.79. The van der Waals surface area contributed by atoms with Gasteiger partial charge in [-0.3, -0.25) is 0 Å². The summed E-state index contributed by atoms with van der Waals surface area (Å²) in [5, 5.41) is 15.7. The fourth-order valence-electron chi connectivity index (χ4n) is 3.10. The van der Waals surface area contributed by atoms with Crippen LogP contribution >= 0.6 is 12.6 Å². The van der Waals surface area contributed by atoms with E-state index < -0.39 is 5.97 Å². The number of ether oxygens (including phenoxy) is 1. The molecule has 0 amide bonds. The topological polar surface area (TPSA) is 62.1 Å². The largest absolute Gasteiger partial charge is 0.485 e. The van der Waals surface area contributed by atoms with Crippen LogP contribution in [0.2, 0.25) is 0 Å². The van der Waals surface area contributed by atoms with E-state index in [9.17, 15) is 9.90 Å². The number of hydrogen-bond donors (Lipinski definition) is 2. The van der Waals surface area contributed by atoms with Gasteiger partial charge in [-0.2, -0.15) is 5.10 Å². The minimum Gasteiger partial charge on any atom is -0.485 e. The van der Waals surface area contributed by atoms with Crippen LogP contribution in [0.1, 0.15) is 46.6 Å². The molecule has 0 spiro atoms. The monoisotopic (exact) mass is 400 g/mol. The van der Waals surface area contributed by atoms with Crippen LogP contribution in [0.5, 0.6) is 0 Å². The molecule has 1 N–H and O–H groups in total. The Bertz CT molecular complexity index is 854. The molecule has 28 heavy (non-hydrogen) atoms. The summed E-state index contributed by atoms with van der Waals surface area (Å²) < 4.78 is 5.92. The summed E-state index contributed by atoms with van der Waals surface area (Å²) >= 11 is 4.64. The zero-order chi connectivity index (χ0) is 20.8. The van der Waals surface area contributed by atoms with Gasteiger partial charge in [0.25, 0.3) is 0 Å². The predicted molar refractivity (Wildman–Crippen MR) is 116 cm³/mol. The molecule has 6 heteroatoms. The molecule has 150 valence electrons. The lowest BCUT2D eigenvalue weighted by Gasteiger charge is -2.36. The van der Waals surface area contributed by atoms with E-state index in [4.69, 9.17) is 4.74 Å². The van der Waals surface area contributed by atoms with Gasteiger partial charge in [-0.1, -0.05) is 58.0 Å². The second-order valence-corrected chi connectivity index (χ2v) is 6.78. The maximum Gasteiger partial charge on any atom is 0.358 e. The molecule has 0 saturated carbocycles. The number of benzene rings is 1. The first kappa shape index (κ1) is 21.8. The number of fused-ring (bicyclic) bond motifs is 1. The summed E-state index contributed by atoms with van der Waals surface area (Å²) in [6, 6.07) is 9.63. The fraction of sp³-hybridized carbons (Fsp3) is 0.364. The SMILES string of the molecule is CC.CCC1=C(S)C(OCc2ccccc2)=C(C(=O)O)N2N=CC(C)C(C)=C12. The second kappa shape index (κ2) is 9.64. The van der Waals surface area contributed by atoms with E-state index in [0.717, 1.165) is 22.4 Å². The van der Waals surface area contributed by atoms with Crippen LogP contribution in [0.25, 0.3) is 0 Å². The van der Waals surface area contributed by atoms with Crippen molar-refractivity contribution in [2.75, 3.05) is 0 Å². The van der Waals surface area contributed by atoms with E-state index in [1.54, 1.807) is 6.21 Å². The van der Waals surface area contributed by atoms with Gasteiger partial charge in [-0.25, -0.2) is 9.80 Å². The van der Waals surface area contributed by atoms with Crippen molar-refractivity contribution in [3.63, 3.8) is 0 Å². The highest BCUT2D eigenvalue weighted by Gasteiger charge is 2.37. The van der Waals surface area contributed by atoms with Crippen molar-refractivity contribution in [2.45, 2.75) is 47.6 Å². The highest BCUT2D eigenvalue weighted by molar-refractivity contribution is 7.84. The number of hydrazone groups is 1. The highest BCUT2D eigenvalue weighted by atomic mass is 32.1. The molecule has 2 heterocycles. The van der Waals surface area contributed by atoms with Gasteiger partial charge in [0, 0.05) is 12.1 Å². The van der Waals surface area contributed by atoms with Gasteiger partial charge >= 0.3 is 5.97 Å². The molecule has 0 aliphatic carbocycles.